The summed E-state index contributed by atoms with van der Waals surface area (Å²) in [7, 11) is 0. The normalized spacial score (nSPS) is 11.7. The summed E-state index contributed by atoms with van der Waals surface area (Å²) in [5.41, 5.74) is 1.31. The lowest BCUT2D eigenvalue weighted by Gasteiger charge is -2.07. The summed E-state index contributed by atoms with van der Waals surface area (Å²) in [5.74, 6) is -1.26. The third-order valence-electron chi connectivity index (χ3n) is 2.95. The standard InChI is InChI=1S/C14H13N3O4/c1-8(9(2)14(19)20)12(18)16-11-5-3-4-10(6-11)13-17-15-7-21-13/h3-7H,1-2H3,(H,16,18)(H,19,20). The number of hydrogen-bond acceptors (Lipinski definition) is 5. The van der Waals surface area contributed by atoms with Crippen LogP contribution in [0.4, 0.5) is 5.69 Å². The molecule has 2 N–H and O–H groups in total. The van der Waals surface area contributed by atoms with Crippen molar-refractivity contribution in [2.75, 3.05) is 5.32 Å². The Morgan fingerprint density at radius 1 is 1.24 bits per heavy atom. The lowest BCUT2D eigenvalue weighted by atomic mass is 10.1. The van der Waals surface area contributed by atoms with Gasteiger partial charge in [0, 0.05) is 22.4 Å². The van der Waals surface area contributed by atoms with Gasteiger partial charge in [-0.2, -0.15) is 0 Å². The summed E-state index contributed by atoms with van der Waals surface area (Å²) in [5, 5.41) is 18.9. The Hall–Kier alpha value is -2.96. The minimum atomic E-state index is -1.12. The Balaban J connectivity index is 2.21. The fraction of sp³-hybridized carbons (Fsp3) is 0.143. The number of aliphatic carboxylic acids is 1. The molecule has 108 valence electrons. The highest BCUT2D eigenvalue weighted by atomic mass is 16.4. The van der Waals surface area contributed by atoms with E-state index in [9.17, 15) is 9.59 Å². The molecule has 0 bridgehead atoms. The zero-order valence-corrected chi connectivity index (χ0v) is 11.5. The Morgan fingerprint density at radius 2 is 2.00 bits per heavy atom. The monoisotopic (exact) mass is 287 g/mol. The number of nitrogens with one attached hydrogen (secondary N) is 1. The molecule has 7 nitrogen and oxygen atoms in total. The first-order valence-electron chi connectivity index (χ1n) is 6.07. The number of nitrogens with zero attached hydrogens (tertiary/aromatic N) is 2. The van der Waals surface area contributed by atoms with Gasteiger partial charge < -0.3 is 14.8 Å². The summed E-state index contributed by atoms with van der Waals surface area (Å²) in [4.78, 5) is 22.8. The molecule has 7 heteroatoms. The third-order valence-corrected chi connectivity index (χ3v) is 2.95. The molecule has 1 heterocycles. The highest BCUT2D eigenvalue weighted by Crippen LogP contribution is 2.20. The second kappa shape index (κ2) is 6.00. The fourth-order valence-electron chi connectivity index (χ4n) is 1.58. The van der Waals surface area contributed by atoms with E-state index in [1.54, 1.807) is 24.3 Å². The van der Waals surface area contributed by atoms with E-state index >= 15 is 0 Å². The number of anilines is 1. The van der Waals surface area contributed by atoms with Gasteiger partial charge in [-0.15, -0.1) is 10.2 Å². The average molecular weight is 287 g/mol. The maximum atomic E-state index is 12.0. The van der Waals surface area contributed by atoms with Crippen LogP contribution in [-0.2, 0) is 9.59 Å². The van der Waals surface area contributed by atoms with Gasteiger partial charge in [0.2, 0.25) is 12.3 Å². The van der Waals surface area contributed by atoms with E-state index in [0.29, 0.717) is 17.1 Å². The molecule has 0 fully saturated rings. The molecule has 0 unspecified atom stereocenters. The number of rotatable bonds is 4. The van der Waals surface area contributed by atoms with Crippen LogP contribution in [0, 0.1) is 0 Å². The predicted molar refractivity (Wildman–Crippen MR) is 74.4 cm³/mol. The van der Waals surface area contributed by atoms with Gasteiger partial charge in [-0.1, -0.05) is 6.07 Å². The fourth-order valence-corrected chi connectivity index (χ4v) is 1.58. The van der Waals surface area contributed by atoms with Crippen molar-refractivity contribution in [3.63, 3.8) is 0 Å². The van der Waals surface area contributed by atoms with Crippen LogP contribution in [0.25, 0.3) is 11.5 Å². The van der Waals surface area contributed by atoms with Crippen LogP contribution >= 0.6 is 0 Å². The van der Waals surface area contributed by atoms with Gasteiger partial charge in [-0.05, 0) is 32.0 Å². The van der Waals surface area contributed by atoms with Crippen molar-refractivity contribution in [2.24, 2.45) is 0 Å². The molecular weight excluding hydrogens is 274 g/mol. The number of carboxylic acids is 1. The molecule has 1 aromatic heterocycles. The van der Waals surface area contributed by atoms with E-state index in [2.05, 4.69) is 15.5 Å². The van der Waals surface area contributed by atoms with Gasteiger partial charge in [-0.25, -0.2) is 4.79 Å². The molecule has 0 atom stereocenters. The van der Waals surface area contributed by atoms with E-state index in [0.717, 1.165) is 0 Å². The van der Waals surface area contributed by atoms with Crippen molar-refractivity contribution in [3.8, 4) is 11.5 Å². The van der Waals surface area contributed by atoms with E-state index in [4.69, 9.17) is 9.52 Å². The van der Waals surface area contributed by atoms with Gasteiger partial charge in [0.1, 0.15) is 0 Å². The summed E-state index contributed by atoms with van der Waals surface area (Å²) in [6.07, 6.45) is 1.21. The van der Waals surface area contributed by atoms with E-state index in [-0.39, 0.29) is 11.1 Å². The smallest absolute Gasteiger partial charge is 0.331 e. The number of benzene rings is 1. The predicted octanol–water partition coefficient (Wildman–Crippen LogP) is 2.10. The number of carbonyl (C=O) groups excluding carboxylic acids is 1. The second-order valence-electron chi connectivity index (χ2n) is 4.33. The number of aromatic nitrogens is 2. The van der Waals surface area contributed by atoms with Crippen LogP contribution in [0.3, 0.4) is 0 Å². The molecule has 0 saturated carbocycles. The minimum absolute atomic E-state index is 0.000515. The summed E-state index contributed by atoms with van der Waals surface area (Å²) < 4.78 is 5.07. The maximum Gasteiger partial charge on any atom is 0.331 e. The molecule has 0 saturated heterocycles. The SMILES string of the molecule is CC(C(=O)O)=C(C)C(=O)Nc1cccc(-c2nnco2)c1. The zero-order valence-electron chi connectivity index (χ0n) is 11.5. The molecule has 0 spiro atoms. The highest BCUT2D eigenvalue weighted by Gasteiger charge is 2.13. The van der Waals surface area contributed by atoms with Crippen molar-refractivity contribution in [2.45, 2.75) is 13.8 Å². The van der Waals surface area contributed by atoms with Crippen LogP contribution in [0.15, 0.2) is 46.2 Å². The molecule has 2 aromatic rings. The topological polar surface area (TPSA) is 105 Å². The molecule has 0 aliphatic heterocycles. The summed E-state index contributed by atoms with van der Waals surface area (Å²) in [6, 6.07) is 6.82. The second-order valence-corrected chi connectivity index (χ2v) is 4.33. The minimum Gasteiger partial charge on any atom is -0.478 e. The van der Waals surface area contributed by atoms with Gasteiger partial charge in [-0.3, -0.25) is 4.79 Å². The van der Waals surface area contributed by atoms with Crippen molar-refractivity contribution >= 4 is 17.6 Å². The van der Waals surface area contributed by atoms with E-state index < -0.39 is 11.9 Å². The Labute approximate surface area is 120 Å². The molecule has 1 amide bonds. The number of carboxylic acid groups (broad SMARTS) is 1. The van der Waals surface area contributed by atoms with Crippen LogP contribution < -0.4 is 5.32 Å². The number of amides is 1. The van der Waals surface area contributed by atoms with Crippen molar-refractivity contribution in [3.05, 3.63) is 41.8 Å². The van der Waals surface area contributed by atoms with Crippen molar-refractivity contribution in [1.29, 1.82) is 0 Å². The molecule has 0 aliphatic carbocycles. The molecule has 2 rings (SSSR count). The summed E-state index contributed by atoms with van der Waals surface area (Å²) >= 11 is 0. The maximum absolute atomic E-state index is 12.0. The third kappa shape index (κ3) is 3.33. The number of carbonyl (C=O) groups is 2. The van der Waals surface area contributed by atoms with Crippen molar-refractivity contribution in [1.82, 2.24) is 10.2 Å². The lowest BCUT2D eigenvalue weighted by molar-refractivity contribution is -0.133. The van der Waals surface area contributed by atoms with Crippen LogP contribution in [0.2, 0.25) is 0 Å². The first kappa shape index (κ1) is 14.4. The van der Waals surface area contributed by atoms with E-state index in [1.165, 1.54) is 20.2 Å². The van der Waals surface area contributed by atoms with Crippen molar-refractivity contribution < 1.29 is 19.1 Å². The quantitative estimate of drug-likeness (QED) is 0.834. The molecule has 21 heavy (non-hydrogen) atoms. The molecule has 1 aromatic carbocycles. The Kier molecular flexibility index (Phi) is 4.13. The van der Waals surface area contributed by atoms with Gasteiger partial charge in [0.15, 0.2) is 0 Å². The van der Waals surface area contributed by atoms with Crippen LogP contribution in [0.5, 0.6) is 0 Å². The lowest BCUT2D eigenvalue weighted by Crippen LogP contribution is -2.16. The zero-order chi connectivity index (χ0) is 15.4. The van der Waals surface area contributed by atoms with Crippen LogP contribution in [0.1, 0.15) is 13.8 Å². The van der Waals surface area contributed by atoms with Gasteiger partial charge in [0.25, 0.3) is 5.91 Å². The highest BCUT2D eigenvalue weighted by molar-refractivity contribution is 6.08. The molecular formula is C14H13N3O4. The average Bonchev–Trinajstić information content (AvgIpc) is 3.00. The molecule has 0 radical (unpaired) electrons. The summed E-state index contributed by atoms with van der Waals surface area (Å²) in [6.45, 7) is 2.84. The first-order valence-corrected chi connectivity index (χ1v) is 6.07. The van der Waals surface area contributed by atoms with E-state index in [1.807, 2.05) is 0 Å². The molecule has 0 aliphatic rings. The van der Waals surface area contributed by atoms with Gasteiger partial charge in [0.05, 0.1) is 0 Å². The first-order chi connectivity index (χ1) is 9.99. The Morgan fingerprint density at radius 3 is 2.62 bits per heavy atom. The van der Waals surface area contributed by atoms with Crippen LogP contribution in [-0.4, -0.2) is 27.2 Å². The van der Waals surface area contributed by atoms with Gasteiger partial charge >= 0.3 is 5.97 Å². The largest absolute Gasteiger partial charge is 0.478 e. The number of hydrogen-bond donors (Lipinski definition) is 2. The Bertz CT molecular complexity index is 705.